The molecule has 118 valence electrons. The molecule has 1 rings (SSSR count). The third-order valence-corrected chi connectivity index (χ3v) is 3.05. The molecule has 0 unspecified atom stereocenters. The maximum atomic E-state index is 12.6. The average Bonchev–Trinajstić information content (AvgIpc) is 2.74. The van der Waals surface area contributed by atoms with Crippen LogP contribution in [-0.4, -0.2) is 23.6 Å². The number of hydrogen-bond acceptors (Lipinski definition) is 5. The highest BCUT2D eigenvalue weighted by atomic mass is 32.2. The monoisotopic (exact) mass is 322 g/mol. The minimum atomic E-state index is -2.28. The van der Waals surface area contributed by atoms with Crippen molar-refractivity contribution in [3.63, 3.8) is 0 Å². The molecule has 0 N–H and O–H groups in total. The van der Waals surface area contributed by atoms with E-state index in [1.54, 1.807) is 6.92 Å². The van der Waals surface area contributed by atoms with Gasteiger partial charge in [-0.05, 0) is 12.8 Å². The zero-order valence-corrected chi connectivity index (χ0v) is 12.8. The molecular formula is C13H17F3N2O2S. The smallest absolute Gasteiger partial charge is 0.301 e. The van der Waals surface area contributed by atoms with Crippen LogP contribution in [0.25, 0.3) is 0 Å². The van der Waals surface area contributed by atoms with Gasteiger partial charge < -0.3 is 9.25 Å². The van der Waals surface area contributed by atoms with E-state index in [1.807, 2.05) is 13.8 Å². The van der Waals surface area contributed by atoms with Crippen molar-refractivity contribution in [3.05, 3.63) is 23.4 Å². The molecule has 0 atom stereocenters. The Morgan fingerprint density at radius 1 is 1.43 bits per heavy atom. The zero-order chi connectivity index (χ0) is 15.8. The van der Waals surface area contributed by atoms with Crippen LogP contribution in [0.2, 0.25) is 0 Å². The van der Waals surface area contributed by atoms with Gasteiger partial charge in [-0.1, -0.05) is 30.8 Å². The molecule has 1 heterocycles. The number of aromatic nitrogens is 1. The Kier molecular flexibility index (Phi) is 7.35. The highest BCUT2D eigenvalue weighted by Crippen LogP contribution is 2.23. The summed E-state index contributed by atoms with van der Waals surface area (Å²) >= 11 is 1.06. The summed E-state index contributed by atoms with van der Waals surface area (Å²) in [5, 5.41) is 4.04. The molecule has 0 saturated heterocycles. The largest absolute Gasteiger partial charge is 0.430 e. The van der Waals surface area contributed by atoms with Crippen LogP contribution in [0.1, 0.15) is 31.7 Å². The molecule has 0 aliphatic rings. The number of nitrogens with zero attached hydrogens (tertiary/aromatic N) is 2. The molecule has 0 radical (unpaired) electrons. The number of oxime groups is 1. The van der Waals surface area contributed by atoms with Gasteiger partial charge >= 0.3 is 6.08 Å². The summed E-state index contributed by atoms with van der Waals surface area (Å²) in [5.41, 5.74) is 0.599. The molecule has 0 saturated carbocycles. The summed E-state index contributed by atoms with van der Waals surface area (Å²) in [6.07, 6.45) is -1.25. The lowest BCUT2D eigenvalue weighted by Gasteiger charge is -2.00. The van der Waals surface area contributed by atoms with Crippen molar-refractivity contribution in [2.24, 2.45) is 11.1 Å². The molecule has 0 fully saturated rings. The number of allylic oxidation sites excluding steroid dienone is 1. The first kappa shape index (κ1) is 17.6. The molecule has 4 nitrogen and oxygen atoms in total. The van der Waals surface area contributed by atoms with Crippen LogP contribution in [0, 0.1) is 12.8 Å². The second-order valence-corrected chi connectivity index (χ2v) is 5.66. The minimum absolute atomic E-state index is 0.115. The zero-order valence-electron chi connectivity index (χ0n) is 12.0. The summed E-state index contributed by atoms with van der Waals surface area (Å²) in [4.78, 5) is 9.13. The lowest BCUT2D eigenvalue weighted by atomic mass is 10.2. The SMILES string of the molecule is Cc1nc(SCCC(F)=C(F)F)oc1C=NOCC(C)C. The molecule has 0 aliphatic heterocycles. The quantitative estimate of drug-likeness (QED) is 0.400. The molecule has 1 aromatic rings. The fourth-order valence-corrected chi connectivity index (χ4v) is 1.97. The van der Waals surface area contributed by atoms with E-state index in [4.69, 9.17) is 9.25 Å². The van der Waals surface area contributed by atoms with Gasteiger partial charge in [0.05, 0.1) is 5.69 Å². The molecule has 8 heteroatoms. The van der Waals surface area contributed by atoms with E-state index in [1.165, 1.54) is 6.21 Å². The predicted octanol–water partition coefficient (Wildman–Crippen LogP) is 4.55. The number of aryl methyl sites for hydroxylation is 1. The van der Waals surface area contributed by atoms with E-state index in [0.717, 1.165) is 11.8 Å². The lowest BCUT2D eigenvalue weighted by Crippen LogP contribution is -1.97. The highest BCUT2D eigenvalue weighted by Gasteiger charge is 2.10. The standard InChI is InChI=1S/C13H17F3N2O2S/c1-8(2)7-19-17-6-11-9(3)18-13(20-11)21-5-4-10(14)12(15)16/h6,8H,4-5,7H2,1-3H3. The first-order valence-electron chi connectivity index (χ1n) is 6.35. The van der Waals surface area contributed by atoms with Crippen LogP contribution in [0.3, 0.4) is 0 Å². The van der Waals surface area contributed by atoms with Crippen molar-refractivity contribution in [2.75, 3.05) is 12.4 Å². The van der Waals surface area contributed by atoms with Crippen LogP contribution >= 0.6 is 11.8 Å². The van der Waals surface area contributed by atoms with Gasteiger partial charge in [0.1, 0.15) is 12.8 Å². The van der Waals surface area contributed by atoms with Crippen molar-refractivity contribution in [1.82, 2.24) is 4.98 Å². The third kappa shape index (κ3) is 6.70. The number of oxazole rings is 1. The Morgan fingerprint density at radius 3 is 2.76 bits per heavy atom. The Balaban J connectivity index is 2.48. The van der Waals surface area contributed by atoms with Crippen LogP contribution in [0.4, 0.5) is 13.2 Å². The van der Waals surface area contributed by atoms with Gasteiger partial charge in [0.15, 0.2) is 11.6 Å². The van der Waals surface area contributed by atoms with Crippen LogP contribution in [-0.2, 0) is 4.84 Å². The van der Waals surface area contributed by atoms with Crippen LogP contribution in [0.5, 0.6) is 0 Å². The van der Waals surface area contributed by atoms with Crippen LogP contribution < -0.4 is 0 Å². The molecule has 21 heavy (non-hydrogen) atoms. The summed E-state index contributed by atoms with van der Waals surface area (Å²) in [5.74, 6) is -0.504. The minimum Gasteiger partial charge on any atom is -0.430 e. The molecule has 0 spiro atoms. The maximum Gasteiger partial charge on any atom is 0.301 e. The highest BCUT2D eigenvalue weighted by molar-refractivity contribution is 7.99. The van der Waals surface area contributed by atoms with Crippen LogP contribution in [0.15, 0.2) is 26.7 Å². The van der Waals surface area contributed by atoms with Crippen molar-refractivity contribution in [1.29, 1.82) is 0 Å². The first-order valence-corrected chi connectivity index (χ1v) is 7.34. The number of halogens is 3. The Hall–Kier alpha value is -1.44. The molecule has 0 bridgehead atoms. The van der Waals surface area contributed by atoms with E-state index < -0.39 is 11.9 Å². The Labute approximate surface area is 125 Å². The molecular weight excluding hydrogens is 305 g/mol. The van der Waals surface area contributed by atoms with E-state index in [9.17, 15) is 13.2 Å². The first-order chi connectivity index (χ1) is 9.90. The summed E-state index contributed by atoms with van der Waals surface area (Å²) in [7, 11) is 0. The van der Waals surface area contributed by atoms with E-state index in [-0.39, 0.29) is 17.4 Å². The van der Waals surface area contributed by atoms with Gasteiger partial charge in [-0.2, -0.15) is 8.78 Å². The van der Waals surface area contributed by atoms with E-state index >= 15 is 0 Å². The van der Waals surface area contributed by atoms with Crippen molar-refractivity contribution < 1.29 is 22.4 Å². The van der Waals surface area contributed by atoms with Crippen molar-refractivity contribution in [2.45, 2.75) is 32.4 Å². The van der Waals surface area contributed by atoms with Gasteiger partial charge in [-0.25, -0.2) is 9.37 Å². The van der Waals surface area contributed by atoms with E-state index in [2.05, 4.69) is 10.1 Å². The molecule has 1 aromatic heterocycles. The predicted molar refractivity (Wildman–Crippen MR) is 75.3 cm³/mol. The lowest BCUT2D eigenvalue weighted by molar-refractivity contribution is 0.119. The normalized spacial score (nSPS) is 11.4. The van der Waals surface area contributed by atoms with Gasteiger partial charge in [-0.15, -0.1) is 0 Å². The second-order valence-electron chi connectivity index (χ2n) is 4.62. The van der Waals surface area contributed by atoms with Gasteiger partial charge in [-0.3, -0.25) is 0 Å². The summed E-state index contributed by atoms with van der Waals surface area (Å²) in [6.45, 7) is 6.21. The third-order valence-electron chi connectivity index (χ3n) is 2.22. The Bertz CT molecular complexity index is 512. The number of rotatable bonds is 8. The van der Waals surface area contributed by atoms with Gasteiger partial charge in [0.25, 0.3) is 5.22 Å². The van der Waals surface area contributed by atoms with E-state index in [0.29, 0.717) is 24.0 Å². The molecule has 0 aliphatic carbocycles. The maximum absolute atomic E-state index is 12.6. The molecule has 0 aromatic carbocycles. The summed E-state index contributed by atoms with van der Waals surface area (Å²) < 4.78 is 41.7. The average molecular weight is 322 g/mol. The number of thioether (sulfide) groups is 1. The van der Waals surface area contributed by atoms with Crippen molar-refractivity contribution >= 4 is 18.0 Å². The second kappa shape index (κ2) is 8.76. The fourth-order valence-electron chi connectivity index (χ4n) is 1.16. The number of hydrogen-bond donors (Lipinski definition) is 0. The molecule has 0 amide bonds. The topological polar surface area (TPSA) is 47.6 Å². The Morgan fingerprint density at radius 2 is 2.14 bits per heavy atom. The summed E-state index contributed by atoms with van der Waals surface area (Å²) in [6, 6.07) is 0. The van der Waals surface area contributed by atoms with Gasteiger partial charge in [0, 0.05) is 12.2 Å². The van der Waals surface area contributed by atoms with Crippen molar-refractivity contribution in [3.8, 4) is 0 Å². The van der Waals surface area contributed by atoms with Gasteiger partial charge in [0.2, 0.25) is 0 Å². The fraction of sp³-hybridized carbons (Fsp3) is 0.538.